The Kier molecular flexibility index (Phi) is 7.92. The van der Waals surface area contributed by atoms with Crippen LogP contribution in [0.2, 0.25) is 5.02 Å². The number of halogens is 5. The topological polar surface area (TPSA) is 121 Å². The molecule has 2 aromatic carbocycles. The molecule has 1 atom stereocenters. The van der Waals surface area contributed by atoms with Gasteiger partial charge in [-0.05, 0) is 36.5 Å². The van der Waals surface area contributed by atoms with Gasteiger partial charge in [0.05, 0.1) is 33.6 Å². The highest BCUT2D eigenvalue weighted by molar-refractivity contribution is 6.35. The van der Waals surface area contributed by atoms with Gasteiger partial charge in [0.1, 0.15) is 23.6 Å². The molecule has 2 aromatic heterocycles. The largest absolute Gasteiger partial charge is 0.413 e. The average Bonchev–Trinajstić information content (AvgIpc) is 3.65. The van der Waals surface area contributed by atoms with Crippen LogP contribution in [0.25, 0.3) is 10.9 Å². The third kappa shape index (κ3) is 5.74. The zero-order valence-electron chi connectivity index (χ0n) is 24.3. The number of hydrogen-bond donors (Lipinski definition) is 3. The van der Waals surface area contributed by atoms with E-state index in [0.717, 1.165) is 10.9 Å². The highest BCUT2D eigenvalue weighted by Crippen LogP contribution is 2.55. The molecular weight excluding hydrogens is 600 g/mol. The maximum absolute atomic E-state index is 15.9. The maximum atomic E-state index is 15.9. The number of nitrogens with zero attached hydrogens (tertiary/aromatic N) is 5. The lowest BCUT2D eigenvalue weighted by Gasteiger charge is -2.23. The summed E-state index contributed by atoms with van der Waals surface area (Å²) in [5.74, 6) is -1.57. The Morgan fingerprint density at radius 3 is 2.57 bits per heavy atom. The van der Waals surface area contributed by atoms with Gasteiger partial charge < -0.3 is 16.0 Å². The van der Waals surface area contributed by atoms with Gasteiger partial charge in [-0.15, -0.1) is 5.10 Å². The van der Waals surface area contributed by atoms with Crippen LogP contribution in [0.15, 0.2) is 42.7 Å². The van der Waals surface area contributed by atoms with Crippen molar-refractivity contribution in [2.75, 3.05) is 24.2 Å². The summed E-state index contributed by atoms with van der Waals surface area (Å²) in [6.07, 6.45) is -2.31. The van der Waals surface area contributed by atoms with E-state index in [2.05, 4.69) is 37.3 Å². The number of aromatic nitrogens is 4. The molecular formula is C30H29ClF4N8O. The van der Waals surface area contributed by atoms with Crippen molar-refractivity contribution < 1.29 is 22.4 Å². The highest BCUT2D eigenvalue weighted by atomic mass is 35.5. The Bertz CT molecular complexity index is 1790. The third-order valence-electron chi connectivity index (χ3n) is 7.46. The van der Waals surface area contributed by atoms with Gasteiger partial charge in [-0.1, -0.05) is 49.7 Å². The summed E-state index contributed by atoms with van der Waals surface area (Å²) in [7, 11) is 1.36. The predicted octanol–water partition coefficient (Wildman–Crippen LogP) is 6.56. The van der Waals surface area contributed by atoms with E-state index in [1.165, 1.54) is 37.5 Å². The van der Waals surface area contributed by atoms with Crippen LogP contribution in [0.4, 0.5) is 28.9 Å². The molecule has 1 amide bonds. The summed E-state index contributed by atoms with van der Waals surface area (Å²) in [4.78, 5) is 16.7. The van der Waals surface area contributed by atoms with E-state index in [1.54, 1.807) is 6.07 Å². The van der Waals surface area contributed by atoms with Crippen LogP contribution in [0.3, 0.4) is 0 Å². The Labute approximate surface area is 255 Å². The molecule has 0 saturated heterocycles. The van der Waals surface area contributed by atoms with Crippen LogP contribution in [0.5, 0.6) is 0 Å². The average molecular weight is 629 g/mol. The first-order valence-corrected chi connectivity index (χ1v) is 14.1. The van der Waals surface area contributed by atoms with Gasteiger partial charge in [-0.3, -0.25) is 9.78 Å². The number of anilines is 2. The van der Waals surface area contributed by atoms with E-state index < -0.39 is 29.5 Å². The number of nitriles is 1. The number of amides is 1. The maximum Gasteiger partial charge on any atom is 0.413 e. The first-order chi connectivity index (χ1) is 20.7. The Morgan fingerprint density at radius 1 is 1.23 bits per heavy atom. The Morgan fingerprint density at radius 2 is 1.95 bits per heavy atom. The summed E-state index contributed by atoms with van der Waals surface area (Å²) in [6, 6.07) is 8.30. The second-order valence-corrected chi connectivity index (χ2v) is 12.3. The molecule has 0 unspecified atom stereocenters. The van der Waals surface area contributed by atoms with Crippen molar-refractivity contribution in [3.05, 3.63) is 75.9 Å². The van der Waals surface area contributed by atoms with Gasteiger partial charge in [0, 0.05) is 36.4 Å². The van der Waals surface area contributed by atoms with E-state index in [0.29, 0.717) is 28.8 Å². The summed E-state index contributed by atoms with van der Waals surface area (Å²) in [5, 5.41) is 27.1. The fourth-order valence-corrected chi connectivity index (χ4v) is 5.18. The molecule has 9 nitrogen and oxygen atoms in total. The van der Waals surface area contributed by atoms with Crippen molar-refractivity contribution in [2.45, 2.75) is 51.4 Å². The number of carbonyl (C=O) groups excluding carboxylic acids is 1. The van der Waals surface area contributed by atoms with Gasteiger partial charge in [0.15, 0.2) is 5.54 Å². The molecule has 2 heterocycles. The normalized spacial score (nSPS) is 15.0. The number of nitrogens with one attached hydrogen (secondary N) is 3. The quantitative estimate of drug-likeness (QED) is 0.189. The number of carbonyl (C=O) groups is 1. The zero-order chi connectivity index (χ0) is 32.0. The third-order valence-corrected chi connectivity index (χ3v) is 7.75. The molecule has 3 N–H and O–H groups in total. The van der Waals surface area contributed by atoms with Crippen molar-refractivity contribution in [1.82, 2.24) is 25.3 Å². The standard InChI is InChI=1S/C30H29ClF4N8O/c1-28(2,3)15-39-24-16(12-36)13-38-25-20(24)10-17(11-21(25)31)40-26(18-6-5-7-19(23(18)32)27(44)37-4)22-14-43(42-41-22)29(8-9-29)30(33,34)35/h5-7,10-11,13-14,26,40H,8-9,15H2,1-4H3,(H,37,44)(H,38,39)/t26-/m0/s1. The molecule has 4 aromatic rings. The van der Waals surface area contributed by atoms with E-state index in [4.69, 9.17) is 11.6 Å². The fourth-order valence-electron chi connectivity index (χ4n) is 4.91. The highest BCUT2D eigenvalue weighted by Gasteiger charge is 2.66. The summed E-state index contributed by atoms with van der Waals surface area (Å²) < 4.78 is 58.3. The van der Waals surface area contributed by atoms with Crippen molar-refractivity contribution >= 4 is 39.8 Å². The summed E-state index contributed by atoms with van der Waals surface area (Å²) in [6.45, 7) is 6.60. The summed E-state index contributed by atoms with van der Waals surface area (Å²) in [5.41, 5.74) is -1.13. The molecule has 5 rings (SSSR count). The number of rotatable bonds is 8. The first kappa shape index (κ1) is 31.0. The first-order valence-electron chi connectivity index (χ1n) is 13.7. The molecule has 14 heteroatoms. The smallest absolute Gasteiger partial charge is 0.383 e. The van der Waals surface area contributed by atoms with Gasteiger partial charge in [-0.2, -0.15) is 18.4 Å². The number of pyridine rings is 1. The number of fused-ring (bicyclic) bond motifs is 1. The van der Waals surface area contributed by atoms with Gasteiger partial charge in [0.2, 0.25) is 0 Å². The monoisotopic (exact) mass is 628 g/mol. The predicted molar refractivity (Wildman–Crippen MR) is 158 cm³/mol. The lowest BCUT2D eigenvalue weighted by molar-refractivity contribution is -0.182. The van der Waals surface area contributed by atoms with Crippen molar-refractivity contribution in [1.29, 1.82) is 5.26 Å². The van der Waals surface area contributed by atoms with Crippen LogP contribution < -0.4 is 16.0 Å². The molecule has 0 spiro atoms. The van der Waals surface area contributed by atoms with Crippen LogP contribution >= 0.6 is 11.6 Å². The minimum Gasteiger partial charge on any atom is -0.383 e. The number of alkyl halides is 3. The Hall–Kier alpha value is -4.44. The van der Waals surface area contributed by atoms with Gasteiger partial charge in [0.25, 0.3) is 5.91 Å². The molecule has 1 fully saturated rings. The van der Waals surface area contributed by atoms with Crippen LogP contribution in [-0.2, 0) is 5.54 Å². The molecule has 0 bridgehead atoms. The molecule has 0 radical (unpaired) electrons. The zero-order valence-corrected chi connectivity index (χ0v) is 25.0. The van der Waals surface area contributed by atoms with Gasteiger partial charge >= 0.3 is 6.18 Å². The minimum atomic E-state index is -4.56. The van der Waals surface area contributed by atoms with E-state index in [1.807, 2.05) is 20.8 Å². The van der Waals surface area contributed by atoms with Crippen LogP contribution in [0, 0.1) is 22.6 Å². The number of benzene rings is 2. The molecule has 0 aliphatic heterocycles. The van der Waals surface area contributed by atoms with Crippen molar-refractivity contribution in [3.8, 4) is 6.07 Å². The second-order valence-electron chi connectivity index (χ2n) is 11.9. The number of hydrogen-bond acceptors (Lipinski definition) is 7. The van der Waals surface area contributed by atoms with E-state index in [-0.39, 0.29) is 45.7 Å². The molecule has 44 heavy (non-hydrogen) atoms. The SMILES string of the molecule is CNC(=O)c1cccc([C@H](Nc2cc(Cl)c3ncc(C#N)c(NCC(C)(C)C)c3c2)c2cn(C3(C(F)(F)F)CC3)nn2)c1F. The van der Waals surface area contributed by atoms with Gasteiger partial charge in [-0.25, -0.2) is 9.07 Å². The van der Waals surface area contributed by atoms with Crippen LogP contribution in [0.1, 0.15) is 66.8 Å². The summed E-state index contributed by atoms with van der Waals surface area (Å²) >= 11 is 6.64. The Balaban J connectivity index is 1.65. The van der Waals surface area contributed by atoms with Crippen molar-refractivity contribution in [2.24, 2.45) is 5.41 Å². The van der Waals surface area contributed by atoms with Crippen molar-refractivity contribution in [3.63, 3.8) is 0 Å². The molecule has 1 saturated carbocycles. The molecule has 1 aliphatic carbocycles. The molecule has 230 valence electrons. The lowest BCUT2D eigenvalue weighted by Crippen LogP contribution is -2.35. The molecule has 1 aliphatic rings. The van der Waals surface area contributed by atoms with E-state index in [9.17, 15) is 23.2 Å². The second kappa shape index (κ2) is 11.2. The minimum absolute atomic E-state index is 0.0142. The van der Waals surface area contributed by atoms with E-state index >= 15 is 4.39 Å². The van der Waals surface area contributed by atoms with Crippen LogP contribution in [-0.4, -0.2) is 45.7 Å². The lowest BCUT2D eigenvalue weighted by atomic mass is 9.96. The fraction of sp³-hybridized carbons (Fsp3) is 0.367.